The molecule has 2 aromatic rings. The van der Waals surface area contributed by atoms with Crippen LogP contribution >= 0.6 is 0 Å². The first-order chi connectivity index (χ1) is 9.01. The number of sulfonamides is 1. The predicted octanol–water partition coefficient (Wildman–Crippen LogP) is 1.56. The van der Waals surface area contributed by atoms with E-state index in [2.05, 4.69) is 10.0 Å². The van der Waals surface area contributed by atoms with Gasteiger partial charge in [-0.3, -0.25) is 0 Å². The summed E-state index contributed by atoms with van der Waals surface area (Å²) in [6, 6.07) is 14.1. The van der Waals surface area contributed by atoms with E-state index in [1.165, 1.54) is 0 Å². The molecule has 3 nitrogen and oxygen atoms in total. The molecule has 0 aliphatic carbocycles. The Hall–Kier alpha value is -1.38. The van der Waals surface area contributed by atoms with E-state index >= 15 is 0 Å². The third-order valence-corrected chi connectivity index (χ3v) is 5.42. The minimum absolute atomic E-state index is 0.0803. The fraction of sp³-hybridized carbons (Fsp3) is 0.0714. The summed E-state index contributed by atoms with van der Waals surface area (Å²) in [6.07, 6.45) is 0. The monoisotopic (exact) mass is 335 g/mol. The normalized spacial score (nSPS) is 11.4. The van der Waals surface area contributed by atoms with Crippen molar-refractivity contribution in [1.82, 2.24) is 0 Å². The molecule has 0 fully saturated rings. The first-order valence-electron chi connectivity index (χ1n) is 5.67. The zero-order valence-electron chi connectivity index (χ0n) is 10.5. The second-order valence-corrected chi connectivity index (χ2v) is 7.55. The molecule has 0 amide bonds. The second kappa shape index (κ2) is 5.72. The molecule has 1 N–H and O–H groups in total. The summed E-state index contributed by atoms with van der Waals surface area (Å²) < 4.78 is 28.0. The standard InChI is InChI=1S/C14H14AsNO2S/c1-11-3-9-14(10-4-11)19(17,18)16-13-7-5-12(15-2)6-8-13/h3-10,16H,2H2,1H3. The molecule has 0 bridgehead atoms. The third-order valence-electron chi connectivity index (χ3n) is 2.63. The molecule has 0 atom stereocenters. The summed E-state index contributed by atoms with van der Waals surface area (Å²) in [5.74, 6) is 0. The van der Waals surface area contributed by atoms with Crippen molar-refractivity contribution in [2.75, 3.05) is 4.72 Å². The number of aryl methyl sites for hydroxylation is 1. The molecule has 98 valence electrons. The molecule has 0 aliphatic heterocycles. The molecule has 0 aliphatic rings. The van der Waals surface area contributed by atoms with Gasteiger partial charge in [0.25, 0.3) is 0 Å². The van der Waals surface area contributed by atoms with E-state index in [9.17, 15) is 8.42 Å². The number of hydrogen-bond donors (Lipinski definition) is 1. The molecular weight excluding hydrogens is 321 g/mol. The fourth-order valence-corrected chi connectivity index (χ4v) is 3.38. The van der Waals surface area contributed by atoms with Crippen LogP contribution in [0.5, 0.6) is 0 Å². The fourth-order valence-electron chi connectivity index (χ4n) is 1.57. The Balaban J connectivity index is 2.25. The van der Waals surface area contributed by atoms with Gasteiger partial charge >= 0.3 is 120 Å². The van der Waals surface area contributed by atoms with Crippen LogP contribution in [0.4, 0.5) is 5.69 Å². The average Bonchev–Trinajstić information content (AvgIpc) is 2.40. The topological polar surface area (TPSA) is 46.2 Å². The summed E-state index contributed by atoms with van der Waals surface area (Å²) in [6.45, 7) is 1.92. The van der Waals surface area contributed by atoms with Crippen LogP contribution in [-0.4, -0.2) is 29.0 Å². The molecule has 2 aromatic carbocycles. The number of benzene rings is 2. The van der Waals surface area contributed by atoms with Gasteiger partial charge in [-0.1, -0.05) is 0 Å². The van der Waals surface area contributed by atoms with Crippen molar-refractivity contribution in [3.63, 3.8) is 0 Å². The van der Waals surface area contributed by atoms with Crippen molar-refractivity contribution in [3.8, 4) is 0 Å². The van der Waals surface area contributed by atoms with Gasteiger partial charge in [-0.2, -0.15) is 0 Å². The van der Waals surface area contributed by atoms with Gasteiger partial charge in [-0.15, -0.1) is 0 Å². The van der Waals surface area contributed by atoms with E-state index in [1.807, 2.05) is 19.1 Å². The molecule has 5 heteroatoms. The summed E-state index contributed by atoms with van der Waals surface area (Å²) in [5.41, 5.74) is 1.60. The SMILES string of the molecule is C=[As]c1ccc(NS(=O)(=O)c2ccc(C)cc2)cc1. The van der Waals surface area contributed by atoms with Gasteiger partial charge in [0.05, 0.1) is 0 Å². The number of rotatable bonds is 4. The van der Waals surface area contributed by atoms with E-state index in [0.717, 1.165) is 9.91 Å². The Labute approximate surface area is 119 Å². The third kappa shape index (κ3) is 3.55. The number of hydrogen-bond acceptors (Lipinski definition) is 2. The Bertz CT molecular complexity index is 676. The Morgan fingerprint density at radius 1 is 1.00 bits per heavy atom. The Morgan fingerprint density at radius 3 is 2.11 bits per heavy atom. The summed E-state index contributed by atoms with van der Waals surface area (Å²) in [7, 11) is -3.51. The van der Waals surface area contributed by atoms with Crippen LogP contribution in [0.15, 0.2) is 53.4 Å². The molecule has 0 aromatic heterocycles. The van der Waals surface area contributed by atoms with E-state index in [0.29, 0.717) is 5.69 Å². The first kappa shape index (κ1) is 14.0. The Kier molecular flexibility index (Phi) is 4.23. The predicted molar refractivity (Wildman–Crippen MR) is 80.9 cm³/mol. The van der Waals surface area contributed by atoms with E-state index in [4.69, 9.17) is 0 Å². The van der Waals surface area contributed by atoms with Gasteiger partial charge < -0.3 is 0 Å². The van der Waals surface area contributed by atoms with Crippen molar-refractivity contribution in [2.45, 2.75) is 11.8 Å². The van der Waals surface area contributed by atoms with E-state index < -0.39 is 10.0 Å². The molecule has 0 spiro atoms. The van der Waals surface area contributed by atoms with Crippen molar-refractivity contribution in [3.05, 3.63) is 54.1 Å². The maximum absolute atomic E-state index is 12.1. The van der Waals surface area contributed by atoms with Gasteiger partial charge in [0.15, 0.2) is 0 Å². The molecular formula is C14H14AsNO2S. The summed E-state index contributed by atoms with van der Waals surface area (Å²) >= 11 is -0.0803. The van der Waals surface area contributed by atoms with Crippen LogP contribution in [0.1, 0.15) is 5.56 Å². The zero-order chi connectivity index (χ0) is 13.9. The molecule has 0 saturated carbocycles. The quantitative estimate of drug-likeness (QED) is 0.862. The van der Waals surface area contributed by atoms with Crippen molar-refractivity contribution >= 4 is 40.7 Å². The van der Waals surface area contributed by atoms with Gasteiger partial charge in [0.1, 0.15) is 0 Å². The van der Waals surface area contributed by atoms with Crippen LogP contribution in [0, 0.1) is 6.92 Å². The molecule has 0 saturated heterocycles. The molecule has 0 heterocycles. The summed E-state index contributed by atoms with van der Waals surface area (Å²) in [5, 5.41) is 3.87. The van der Waals surface area contributed by atoms with E-state index in [-0.39, 0.29) is 20.2 Å². The van der Waals surface area contributed by atoms with E-state index in [1.54, 1.807) is 36.4 Å². The van der Waals surface area contributed by atoms with Crippen LogP contribution < -0.4 is 9.07 Å². The number of anilines is 1. The van der Waals surface area contributed by atoms with Gasteiger partial charge in [-0.25, -0.2) is 0 Å². The molecule has 2 rings (SSSR count). The van der Waals surface area contributed by atoms with Gasteiger partial charge in [0, 0.05) is 0 Å². The van der Waals surface area contributed by atoms with Crippen molar-refractivity contribution < 1.29 is 8.42 Å². The number of nitrogens with one attached hydrogen (secondary N) is 1. The maximum atomic E-state index is 12.1. The molecule has 0 radical (unpaired) electrons. The van der Waals surface area contributed by atoms with Crippen molar-refractivity contribution in [1.29, 1.82) is 0 Å². The van der Waals surface area contributed by atoms with Crippen molar-refractivity contribution in [2.24, 2.45) is 0 Å². The minimum atomic E-state index is -3.51. The Morgan fingerprint density at radius 2 is 1.58 bits per heavy atom. The molecule has 19 heavy (non-hydrogen) atoms. The molecule has 0 unspecified atom stereocenters. The van der Waals surface area contributed by atoms with Gasteiger partial charge in [-0.05, 0) is 0 Å². The van der Waals surface area contributed by atoms with Crippen LogP contribution in [-0.2, 0) is 10.0 Å². The summed E-state index contributed by atoms with van der Waals surface area (Å²) in [4.78, 5) is 0.269. The second-order valence-electron chi connectivity index (χ2n) is 4.12. The van der Waals surface area contributed by atoms with Crippen LogP contribution in [0.3, 0.4) is 0 Å². The van der Waals surface area contributed by atoms with Crippen LogP contribution in [0.2, 0.25) is 0 Å². The first-order valence-corrected chi connectivity index (χ1v) is 9.42. The average molecular weight is 335 g/mol. The van der Waals surface area contributed by atoms with Crippen LogP contribution in [0.25, 0.3) is 0 Å². The van der Waals surface area contributed by atoms with Gasteiger partial charge in [0.2, 0.25) is 0 Å². The zero-order valence-corrected chi connectivity index (χ0v) is 13.2.